The molecule has 94 valence electrons. The van der Waals surface area contributed by atoms with Gasteiger partial charge in [-0.3, -0.25) is 0 Å². The van der Waals surface area contributed by atoms with Crippen molar-refractivity contribution in [3.63, 3.8) is 0 Å². The van der Waals surface area contributed by atoms with Gasteiger partial charge in [0.15, 0.2) is 0 Å². The second kappa shape index (κ2) is 5.86. The van der Waals surface area contributed by atoms with Crippen molar-refractivity contribution in [2.45, 2.75) is 45.1 Å². The van der Waals surface area contributed by atoms with E-state index in [1.807, 2.05) is 0 Å². The highest BCUT2D eigenvalue weighted by molar-refractivity contribution is 5.87. The molecule has 2 nitrogen and oxygen atoms in total. The van der Waals surface area contributed by atoms with Crippen molar-refractivity contribution in [2.24, 2.45) is 0 Å². The number of rotatable bonds is 6. The first-order chi connectivity index (χ1) is 7.20. The summed E-state index contributed by atoms with van der Waals surface area (Å²) in [5, 5.41) is 0. The van der Waals surface area contributed by atoms with Gasteiger partial charge in [-0.05, 0) is 13.3 Å². The van der Waals surface area contributed by atoms with Gasteiger partial charge in [-0.1, -0.05) is 13.5 Å². The van der Waals surface area contributed by atoms with Crippen molar-refractivity contribution in [3.05, 3.63) is 12.2 Å². The van der Waals surface area contributed by atoms with E-state index in [9.17, 15) is 22.4 Å². The van der Waals surface area contributed by atoms with Crippen LogP contribution in [0.15, 0.2) is 12.2 Å². The van der Waals surface area contributed by atoms with Crippen LogP contribution in [0.1, 0.15) is 26.7 Å². The Bertz CT molecular complexity index is 264. The zero-order chi connectivity index (χ0) is 12.9. The molecule has 0 amide bonds. The van der Waals surface area contributed by atoms with E-state index >= 15 is 0 Å². The summed E-state index contributed by atoms with van der Waals surface area (Å²) >= 11 is 0. The Morgan fingerprint density at radius 1 is 1.44 bits per heavy atom. The molecule has 0 rings (SSSR count). The van der Waals surface area contributed by atoms with Gasteiger partial charge in [0.05, 0.1) is 6.42 Å². The van der Waals surface area contributed by atoms with Crippen molar-refractivity contribution in [2.75, 3.05) is 0 Å². The molecule has 1 unspecified atom stereocenters. The van der Waals surface area contributed by atoms with Crippen molar-refractivity contribution in [3.8, 4) is 0 Å². The highest BCUT2D eigenvalue weighted by atomic mass is 19.3. The van der Waals surface area contributed by atoms with Gasteiger partial charge in [0.25, 0.3) is 0 Å². The van der Waals surface area contributed by atoms with Crippen LogP contribution in [0.4, 0.5) is 17.6 Å². The minimum Gasteiger partial charge on any atom is -0.459 e. The van der Waals surface area contributed by atoms with E-state index in [4.69, 9.17) is 0 Å². The lowest BCUT2D eigenvalue weighted by Gasteiger charge is -2.22. The third-order valence-corrected chi connectivity index (χ3v) is 1.90. The Kier molecular flexibility index (Phi) is 5.47. The summed E-state index contributed by atoms with van der Waals surface area (Å²) in [6, 6.07) is 0. The third-order valence-electron chi connectivity index (χ3n) is 1.90. The molecule has 6 heteroatoms. The summed E-state index contributed by atoms with van der Waals surface area (Å²) in [6.07, 6.45) is -6.13. The van der Waals surface area contributed by atoms with Crippen LogP contribution in [-0.4, -0.2) is 24.4 Å². The van der Waals surface area contributed by atoms with Crippen LogP contribution in [0, 0.1) is 0 Å². The van der Waals surface area contributed by atoms with E-state index in [1.165, 1.54) is 13.8 Å². The largest absolute Gasteiger partial charge is 0.459 e. The molecule has 0 saturated carbocycles. The lowest BCUT2D eigenvalue weighted by atomic mass is 10.1. The quantitative estimate of drug-likeness (QED) is 0.406. The summed E-state index contributed by atoms with van der Waals surface area (Å²) in [7, 11) is 0. The minimum absolute atomic E-state index is 0.0406. The molecular formula is C10H14F4O2. The second-order valence-corrected chi connectivity index (χ2v) is 3.48. The smallest absolute Gasteiger partial charge is 0.333 e. The second-order valence-electron chi connectivity index (χ2n) is 3.48. The maximum Gasteiger partial charge on any atom is 0.333 e. The predicted octanol–water partition coefficient (Wildman–Crippen LogP) is 3.17. The van der Waals surface area contributed by atoms with Crippen LogP contribution >= 0.6 is 0 Å². The number of carbonyl (C=O) groups excluding carboxylic acids is 1. The summed E-state index contributed by atoms with van der Waals surface area (Å²) in [6.45, 7) is 6.08. The number of carbonyl (C=O) groups is 1. The number of esters is 1. The third kappa shape index (κ3) is 4.63. The Morgan fingerprint density at radius 2 is 1.94 bits per heavy atom. The van der Waals surface area contributed by atoms with Crippen LogP contribution in [0.5, 0.6) is 0 Å². The van der Waals surface area contributed by atoms with Gasteiger partial charge in [-0.2, -0.15) is 0 Å². The van der Waals surface area contributed by atoms with E-state index < -0.39 is 30.8 Å². The SMILES string of the molecule is C=C(C)C(=O)OC(CC)CC(F)(F)C(F)F. The van der Waals surface area contributed by atoms with Crippen molar-refractivity contribution in [1.29, 1.82) is 0 Å². The fourth-order valence-electron chi connectivity index (χ4n) is 0.914. The molecule has 0 aromatic heterocycles. The van der Waals surface area contributed by atoms with Gasteiger partial charge in [0, 0.05) is 5.57 Å². The first-order valence-electron chi connectivity index (χ1n) is 4.73. The molecule has 0 aliphatic heterocycles. The Morgan fingerprint density at radius 3 is 2.25 bits per heavy atom. The van der Waals surface area contributed by atoms with Crippen LogP contribution in [0.3, 0.4) is 0 Å². The summed E-state index contributed by atoms with van der Waals surface area (Å²) in [4.78, 5) is 11.0. The standard InChI is InChI=1S/C10H14F4O2/c1-4-7(16-8(15)6(2)3)5-10(13,14)9(11)12/h7,9H,2,4-5H2,1,3H3. The van der Waals surface area contributed by atoms with Crippen LogP contribution in [0.25, 0.3) is 0 Å². The Balaban J connectivity index is 4.42. The average molecular weight is 242 g/mol. The normalized spacial score (nSPS) is 13.7. The molecular weight excluding hydrogens is 228 g/mol. The molecule has 0 heterocycles. The first-order valence-corrected chi connectivity index (χ1v) is 4.73. The van der Waals surface area contributed by atoms with Crippen molar-refractivity contribution in [1.82, 2.24) is 0 Å². The maximum atomic E-state index is 12.7. The molecule has 0 saturated heterocycles. The summed E-state index contributed by atoms with van der Waals surface area (Å²) < 4.78 is 53.7. The number of hydrogen-bond acceptors (Lipinski definition) is 2. The van der Waals surface area contributed by atoms with Gasteiger partial charge in [-0.15, -0.1) is 0 Å². The lowest BCUT2D eigenvalue weighted by molar-refractivity contribution is -0.166. The molecule has 0 bridgehead atoms. The van der Waals surface area contributed by atoms with Crippen molar-refractivity contribution >= 4 is 5.97 Å². The van der Waals surface area contributed by atoms with E-state index in [0.29, 0.717) is 0 Å². The summed E-state index contributed by atoms with van der Waals surface area (Å²) in [5.74, 6) is -4.99. The molecule has 1 atom stereocenters. The molecule has 0 N–H and O–H groups in total. The molecule has 0 aliphatic carbocycles. The minimum atomic E-state index is -4.14. The molecule has 0 aromatic carbocycles. The zero-order valence-corrected chi connectivity index (χ0v) is 9.10. The van der Waals surface area contributed by atoms with Gasteiger partial charge in [0.2, 0.25) is 0 Å². The molecule has 0 aliphatic rings. The highest BCUT2D eigenvalue weighted by Crippen LogP contribution is 2.30. The van der Waals surface area contributed by atoms with Crippen LogP contribution in [-0.2, 0) is 9.53 Å². The fourth-order valence-corrected chi connectivity index (χ4v) is 0.914. The maximum absolute atomic E-state index is 12.7. The molecule has 0 fully saturated rings. The van der Waals surface area contributed by atoms with Crippen molar-refractivity contribution < 1.29 is 27.1 Å². The topological polar surface area (TPSA) is 26.3 Å². The van der Waals surface area contributed by atoms with Crippen LogP contribution in [0.2, 0.25) is 0 Å². The molecule has 0 radical (unpaired) electrons. The van der Waals surface area contributed by atoms with Gasteiger partial charge in [0.1, 0.15) is 6.10 Å². The monoisotopic (exact) mass is 242 g/mol. The Labute approximate surface area is 91.3 Å². The van der Waals surface area contributed by atoms with E-state index in [0.717, 1.165) is 0 Å². The number of hydrogen-bond donors (Lipinski definition) is 0. The number of halogens is 4. The van der Waals surface area contributed by atoms with Gasteiger partial charge in [-0.25, -0.2) is 22.4 Å². The average Bonchev–Trinajstić information content (AvgIpc) is 2.15. The predicted molar refractivity (Wildman–Crippen MR) is 50.6 cm³/mol. The molecule has 0 spiro atoms. The number of alkyl halides is 4. The number of ether oxygens (including phenoxy) is 1. The van der Waals surface area contributed by atoms with Gasteiger partial charge < -0.3 is 4.74 Å². The highest BCUT2D eigenvalue weighted by Gasteiger charge is 2.43. The zero-order valence-electron chi connectivity index (χ0n) is 9.10. The first kappa shape index (κ1) is 14.9. The van der Waals surface area contributed by atoms with E-state index in [-0.39, 0.29) is 12.0 Å². The van der Waals surface area contributed by atoms with E-state index in [2.05, 4.69) is 11.3 Å². The van der Waals surface area contributed by atoms with Gasteiger partial charge >= 0.3 is 18.3 Å². The molecule has 0 aromatic rings. The summed E-state index contributed by atoms with van der Waals surface area (Å²) in [5.41, 5.74) is 0.0406. The fraction of sp³-hybridized carbons (Fsp3) is 0.700. The van der Waals surface area contributed by atoms with E-state index in [1.54, 1.807) is 0 Å². The Hall–Kier alpha value is -1.07. The lowest BCUT2D eigenvalue weighted by Crippen LogP contribution is -2.33. The van der Waals surface area contributed by atoms with Crippen LogP contribution < -0.4 is 0 Å². The molecule has 16 heavy (non-hydrogen) atoms.